The maximum atomic E-state index is 13.1. The van der Waals surface area contributed by atoms with Crippen molar-refractivity contribution >= 4 is 17.3 Å². The number of nitrogens with one attached hydrogen (secondary N) is 1. The Bertz CT molecular complexity index is 1200. The molecule has 6 heteroatoms. The van der Waals surface area contributed by atoms with Gasteiger partial charge in [-0.3, -0.25) is 9.36 Å². The number of hydrogen-bond acceptors (Lipinski definition) is 2. The molecule has 29 heavy (non-hydrogen) atoms. The van der Waals surface area contributed by atoms with Gasteiger partial charge >= 0.3 is 5.69 Å². The second-order valence-corrected chi connectivity index (χ2v) is 7.94. The first-order valence-corrected chi connectivity index (χ1v) is 9.97. The molecule has 2 aromatic carbocycles. The topological polar surface area (TPSA) is 59.2 Å². The van der Waals surface area contributed by atoms with Crippen LogP contribution < -0.4 is 11.2 Å². The van der Waals surface area contributed by atoms with Crippen LogP contribution in [0.2, 0.25) is 5.02 Å². The number of halogens is 1. The number of benzene rings is 2. The molecule has 1 aliphatic carbocycles. The van der Waals surface area contributed by atoms with Crippen molar-refractivity contribution in [3.8, 4) is 0 Å². The predicted molar refractivity (Wildman–Crippen MR) is 114 cm³/mol. The lowest BCUT2D eigenvalue weighted by atomic mass is 9.83. The Morgan fingerprint density at radius 1 is 1.14 bits per heavy atom. The molecular weight excluding hydrogens is 386 g/mol. The summed E-state index contributed by atoms with van der Waals surface area (Å²) in [6, 6.07) is 14.8. The summed E-state index contributed by atoms with van der Waals surface area (Å²) in [5.41, 5.74) is 3.48. The Balaban J connectivity index is 1.60. The average molecular weight is 406 g/mol. The first-order valence-electron chi connectivity index (χ1n) is 9.59. The van der Waals surface area contributed by atoms with E-state index < -0.39 is 0 Å². The van der Waals surface area contributed by atoms with Crippen molar-refractivity contribution < 1.29 is 0 Å². The lowest BCUT2D eigenvalue weighted by Gasteiger charge is -2.24. The molecule has 4 rings (SSSR count). The zero-order valence-corrected chi connectivity index (χ0v) is 16.6. The second-order valence-electron chi connectivity index (χ2n) is 7.50. The standard InChI is InChI=1S/C23H20ClN3O2/c1-25-19-4-2-3-16(12-19)11-17-7-10-21-20(13-17)22(28)27(23(29)26-21)14-15-5-8-18(24)9-6-15/h2-6,8-9,12,17H,7,10-11,13-14H2,(H,26,29). The van der Waals surface area contributed by atoms with Gasteiger partial charge in [0.15, 0.2) is 5.69 Å². The number of fused-ring (bicyclic) bond motifs is 1. The van der Waals surface area contributed by atoms with Gasteiger partial charge in [-0.1, -0.05) is 53.6 Å². The van der Waals surface area contributed by atoms with Gasteiger partial charge in [0.05, 0.1) is 13.1 Å². The first-order chi connectivity index (χ1) is 14.0. The molecule has 0 radical (unpaired) electrons. The number of hydrogen-bond donors (Lipinski definition) is 1. The summed E-state index contributed by atoms with van der Waals surface area (Å²) in [5, 5.41) is 0.616. The third-order valence-electron chi connectivity index (χ3n) is 5.48. The minimum atomic E-state index is -0.369. The van der Waals surface area contributed by atoms with Gasteiger partial charge in [0.2, 0.25) is 0 Å². The predicted octanol–water partition coefficient (Wildman–Crippen LogP) is 4.14. The molecule has 1 atom stereocenters. The van der Waals surface area contributed by atoms with Gasteiger partial charge in [0, 0.05) is 16.3 Å². The minimum Gasteiger partial charge on any atom is -0.311 e. The summed E-state index contributed by atoms with van der Waals surface area (Å²) in [6.45, 7) is 7.39. The van der Waals surface area contributed by atoms with Crippen molar-refractivity contribution in [3.05, 3.63) is 108 Å². The van der Waals surface area contributed by atoms with Gasteiger partial charge in [0.1, 0.15) is 0 Å². The van der Waals surface area contributed by atoms with E-state index in [0.717, 1.165) is 29.7 Å². The molecule has 1 aliphatic rings. The number of aryl methyl sites for hydroxylation is 1. The number of nitrogens with zero attached hydrogens (tertiary/aromatic N) is 2. The van der Waals surface area contributed by atoms with E-state index in [0.29, 0.717) is 35.0 Å². The van der Waals surface area contributed by atoms with E-state index >= 15 is 0 Å². The Morgan fingerprint density at radius 2 is 1.93 bits per heavy atom. The summed E-state index contributed by atoms with van der Waals surface area (Å²) >= 11 is 5.92. The lowest BCUT2D eigenvalue weighted by molar-refractivity contribution is 0.440. The Morgan fingerprint density at radius 3 is 2.69 bits per heavy atom. The van der Waals surface area contributed by atoms with Crippen LogP contribution in [0.1, 0.15) is 28.8 Å². The van der Waals surface area contributed by atoms with E-state index in [1.54, 1.807) is 18.2 Å². The van der Waals surface area contributed by atoms with E-state index in [4.69, 9.17) is 18.2 Å². The van der Waals surface area contributed by atoms with Crippen molar-refractivity contribution in [3.63, 3.8) is 0 Å². The van der Waals surface area contributed by atoms with E-state index in [9.17, 15) is 9.59 Å². The molecule has 1 unspecified atom stereocenters. The SMILES string of the molecule is [C-]#[N+]c1cccc(CC2CCc3[nH]c(=O)n(Cc4ccc(Cl)cc4)c(=O)c3C2)c1. The molecule has 3 aromatic rings. The normalized spacial score (nSPS) is 15.5. The summed E-state index contributed by atoms with van der Waals surface area (Å²) in [5.74, 6) is 0.311. The molecule has 0 saturated carbocycles. The smallest absolute Gasteiger partial charge is 0.311 e. The van der Waals surface area contributed by atoms with Crippen LogP contribution in [-0.4, -0.2) is 9.55 Å². The summed E-state index contributed by atoms with van der Waals surface area (Å²) in [7, 11) is 0. The lowest BCUT2D eigenvalue weighted by Crippen LogP contribution is -2.41. The van der Waals surface area contributed by atoms with E-state index in [2.05, 4.69) is 9.83 Å². The van der Waals surface area contributed by atoms with Gasteiger partial charge in [-0.05, 0) is 49.3 Å². The van der Waals surface area contributed by atoms with E-state index in [1.165, 1.54) is 4.57 Å². The average Bonchev–Trinajstić information content (AvgIpc) is 2.73. The van der Waals surface area contributed by atoms with E-state index in [-0.39, 0.29) is 17.8 Å². The van der Waals surface area contributed by atoms with Crippen molar-refractivity contribution in [1.29, 1.82) is 0 Å². The van der Waals surface area contributed by atoms with E-state index in [1.807, 2.05) is 30.3 Å². The third kappa shape index (κ3) is 4.18. The number of aromatic nitrogens is 2. The van der Waals surface area contributed by atoms with Crippen LogP contribution in [0.15, 0.2) is 58.1 Å². The summed E-state index contributed by atoms with van der Waals surface area (Å²) in [6.07, 6.45) is 3.05. The van der Waals surface area contributed by atoms with Gasteiger partial charge in [-0.15, -0.1) is 0 Å². The molecule has 0 amide bonds. The summed E-state index contributed by atoms with van der Waals surface area (Å²) in [4.78, 5) is 32.0. The largest absolute Gasteiger partial charge is 0.328 e. The molecule has 1 heterocycles. The maximum absolute atomic E-state index is 13.1. The molecule has 1 aromatic heterocycles. The van der Waals surface area contributed by atoms with Crippen molar-refractivity contribution in [2.45, 2.75) is 32.2 Å². The van der Waals surface area contributed by atoms with Gasteiger partial charge in [-0.25, -0.2) is 9.64 Å². The van der Waals surface area contributed by atoms with Crippen LogP contribution in [0, 0.1) is 12.5 Å². The highest BCUT2D eigenvalue weighted by molar-refractivity contribution is 6.30. The molecular formula is C23H20ClN3O2. The van der Waals surface area contributed by atoms with Gasteiger partial charge < -0.3 is 4.98 Å². The Labute approximate surface area is 173 Å². The van der Waals surface area contributed by atoms with Crippen LogP contribution in [0.25, 0.3) is 4.85 Å². The zero-order valence-electron chi connectivity index (χ0n) is 15.8. The van der Waals surface area contributed by atoms with Crippen LogP contribution in [0.5, 0.6) is 0 Å². The molecule has 0 saturated heterocycles. The highest BCUT2D eigenvalue weighted by Gasteiger charge is 2.24. The fourth-order valence-corrected chi connectivity index (χ4v) is 4.12. The van der Waals surface area contributed by atoms with Crippen LogP contribution in [0.4, 0.5) is 5.69 Å². The molecule has 0 aliphatic heterocycles. The molecule has 1 N–H and O–H groups in total. The Kier molecular flexibility index (Phi) is 5.37. The van der Waals surface area contributed by atoms with Crippen molar-refractivity contribution in [2.24, 2.45) is 5.92 Å². The highest BCUT2D eigenvalue weighted by Crippen LogP contribution is 2.26. The molecule has 146 valence electrons. The third-order valence-corrected chi connectivity index (χ3v) is 5.74. The Hall–Kier alpha value is -3.10. The molecule has 0 fully saturated rings. The molecule has 0 spiro atoms. The fourth-order valence-electron chi connectivity index (χ4n) is 4.00. The van der Waals surface area contributed by atoms with Gasteiger partial charge in [0.25, 0.3) is 5.56 Å². The minimum absolute atomic E-state index is 0.210. The van der Waals surface area contributed by atoms with Crippen LogP contribution in [-0.2, 0) is 25.8 Å². The van der Waals surface area contributed by atoms with Gasteiger partial charge in [-0.2, -0.15) is 0 Å². The highest BCUT2D eigenvalue weighted by atomic mass is 35.5. The number of aromatic amines is 1. The zero-order chi connectivity index (χ0) is 20.4. The molecule has 5 nitrogen and oxygen atoms in total. The number of rotatable bonds is 4. The molecule has 0 bridgehead atoms. The van der Waals surface area contributed by atoms with Crippen LogP contribution in [0.3, 0.4) is 0 Å². The van der Waals surface area contributed by atoms with Crippen molar-refractivity contribution in [2.75, 3.05) is 0 Å². The number of H-pyrrole nitrogens is 1. The maximum Gasteiger partial charge on any atom is 0.328 e. The van der Waals surface area contributed by atoms with Crippen molar-refractivity contribution in [1.82, 2.24) is 9.55 Å². The quantitative estimate of drug-likeness (QED) is 0.663. The summed E-state index contributed by atoms with van der Waals surface area (Å²) < 4.78 is 1.27. The van der Waals surface area contributed by atoms with Crippen LogP contribution >= 0.6 is 11.6 Å². The monoisotopic (exact) mass is 405 g/mol. The second kappa shape index (κ2) is 8.10. The fraction of sp³-hybridized carbons (Fsp3) is 0.261. The first kappa shape index (κ1) is 19.2.